The van der Waals surface area contributed by atoms with Crippen molar-refractivity contribution in [1.82, 2.24) is 19.7 Å². The molecule has 1 amide bonds. The molecule has 3 heterocycles. The zero-order chi connectivity index (χ0) is 21.1. The zero-order valence-electron chi connectivity index (χ0n) is 16.8. The number of carbonyl (C=O) groups excluding carboxylic acids is 1. The second kappa shape index (κ2) is 8.88. The summed E-state index contributed by atoms with van der Waals surface area (Å²) >= 11 is 2.75. The van der Waals surface area contributed by atoms with E-state index in [9.17, 15) is 4.79 Å². The van der Waals surface area contributed by atoms with Crippen LogP contribution in [-0.2, 0) is 11.3 Å². The summed E-state index contributed by atoms with van der Waals surface area (Å²) in [7, 11) is 1.62. The Hall–Kier alpha value is -2.85. The van der Waals surface area contributed by atoms with Gasteiger partial charge in [-0.1, -0.05) is 36.9 Å². The quantitative estimate of drug-likeness (QED) is 0.399. The van der Waals surface area contributed by atoms with Gasteiger partial charge in [0, 0.05) is 6.54 Å². The molecule has 10 heteroatoms. The summed E-state index contributed by atoms with van der Waals surface area (Å²) in [5, 5.41) is 12.6. The number of furan rings is 1. The summed E-state index contributed by atoms with van der Waals surface area (Å²) in [5.74, 6) is 2.53. The van der Waals surface area contributed by atoms with Crippen LogP contribution in [0.2, 0.25) is 0 Å². The molecule has 0 spiro atoms. The molecule has 0 fully saturated rings. The minimum Gasteiger partial charge on any atom is -0.497 e. The number of rotatable bonds is 8. The number of thioether (sulfide) groups is 1. The Morgan fingerprint density at radius 1 is 1.33 bits per heavy atom. The number of nitrogens with zero attached hydrogens (tertiary/aromatic N) is 4. The standard InChI is InChI=1S/C20H21N5O3S2/c1-12(2)10-25-18(15-5-4-8-28-15)23-24-20(25)29-11-17(26)22-19-21-14-7-6-13(27-3)9-16(14)30-19/h4-9,12H,10-11H2,1-3H3,(H,21,22,26). The molecule has 0 saturated heterocycles. The minimum absolute atomic E-state index is 0.148. The smallest absolute Gasteiger partial charge is 0.236 e. The van der Waals surface area contributed by atoms with Crippen LogP contribution in [0.3, 0.4) is 0 Å². The number of amides is 1. The molecule has 4 rings (SSSR count). The second-order valence-corrected chi connectivity index (χ2v) is 8.95. The first-order valence-corrected chi connectivity index (χ1v) is 11.2. The fourth-order valence-corrected chi connectivity index (χ4v) is 4.54. The average Bonchev–Trinajstić information content (AvgIpc) is 3.44. The molecule has 0 aliphatic rings. The van der Waals surface area contributed by atoms with Gasteiger partial charge in [0.25, 0.3) is 0 Å². The van der Waals surface area contributed by atoms with Gasteiger partial charge in [0.15, 0.2) is 21.9 Å². The molecule has 0 atom stereocenters. The van der Waals surface area contributed by atoms with Gasteiger partial charge >= 0.3 is 0 Å². The van der Waals surface area contributed by atoms with E-state index in [-0.39, 0.29) is 11.7 Å². The Labute approximate surface area is 181 Å². The van der Waals surface area contributed by atoms with Crippen molar-refractivity contribution in [1.29, 1.82) is 0 Å². The van der Waals surface area contributed by atoms with Crippen LogP contribution < -0.4 is 10.1 Å². The second-order valence-electron chi connectivity index (χ2n) is 6.98. The first kappa shape index (κ1) is 20.4. The van der Waals surface area contributed by atoms with Gasteiger partial charge in [-0.3, -0.25) is 9.36 Å². The van der Waals surface area contributed by atoms with E-state index in [1.54, 1.807) is 13.4 Å². The van der Waals surface area contributed by atoms with Crippen LogP contribution in [0.25, 0.3) is 21.8 Å². The van der Waals surface area contributed by atoms with Crippen LogP contribution in [0.1, 0.15) is 13.8 Å². The highest BCUT2D eigenvalue weighted by Crippen LogP contribution is 2.30. The zero-order valence-corrected chi connectivity index (χ0v) is 18.4. The molecule has 156 valence electrons. The Kier molecular flexibility index (Phi) is 6.05. The highest BCUT2D eigenvalue weighted by Gasteiger charge is 2.18. The van der Waals surface area contributed by atoms with Crippen LogP contribution in [0, 0.1) is 5.92 Å². The molecule has 30 heavy (non-hydrogen) atoms. The van der Waals surface area contributed by atoms with E-state index in [0.29, 0.717) is 27.8 Å². The predicted octanol–water partition coefficient (Wildman–Crippen LogP) is 4.54. The van der Waals surface area contributed by atoms with Gasteiger partial charge in [0.2, 0.25) is 5.91 Å². The van der Waals surface area contributed by atoms with Crippen molar-refractivity contribution in [2.45, 2.75) is 25.5 Å². The Bertz CT molecular complexity index is 1150. The van der Waals surface area contributed by atoms with Gasteiger partial charge in [-0.15, -0.1) is 10.2 Å². The number of benzene rings is 1. The Balaban J connectivity index is 1.45. The molecule has 3 aromatic heterocycles. The highest BCUT2D eigenvalue weighted by atomic mass is 32.2. The third-order valence-corrected chi connectivity index (χ3v) is 6.08. The summed E-state index contributed by atoms with van der Waals surface area (Å²) in [6, 6.07) is 9.30. The molecule has 8 nitrogen and oxygen atoms in total. The maximum Gasteiger partial charge on any atom is 0.236 e. The van der Waals surface area contributed by atoms with Crippen LogP contribution in [0.15, 0.2) is 46.2 Å². The molecule has 0 aliphatic carbocycles. The SMILES string of the molecule is COc1ccc2nc(NC(=O)CSc3nnc(-c4ccco4)n3CC(C)C)sc2c1. The number of nitrogens with one attached hydrogen (secondary N) is 1. The Morgan fingerprint density at radius 3 is 2.93 bits per heavy atom. The molecule has 0 saturated carbocycles. The number of anilines is 1. The van der Waals surface area contributed by atoms with Crippen LogP contribution in [0.4, 0.5) is 5.13 Å². The molecule has 0 aliphatic heterocycles. The van der Waals surface area contributed by atoms with Gasteiger partial charge in [0.1, 0.15) is 5.75 Å². The van der Waals surface area contributed by atoms with Crippen molar-refractivity contribution in [2.24, 2.45) is 5.92 Å². The summed E-state index contributed by atoms with van der Waals surface area (Å²) in [4.78, 5) is 16.9. The number of hydrogen-bond donors (Lipinski definition) is 1. The number of carbonyl (C=O) groups is 1. The molecule has 0 radical (unpaired) electrons. The lowest BCUT2D eigenvalue weighted by molar-refractivity contribution is -0.113. The summed E-state index contributed by atoms with van der Waals surface area (Å²) < 4.78 is 13.7. The van der Waals surface area contributed by atoms with E-state index < -0.39 is 0 Å². The molecule has 1 N–H and O–H groups in total. The first-order valence-electron chi connectivity index (χ1n) is 9.38. The molecule has 0 bridgehead atoms. The van der Waals surface area contributed by atoms with Gasteiger partial charge < -0.3 is 14.5 Å². The number of ether oxygens (including phenoxy) is 1. The molecule has 1 aromatic carbocycles. The summed E-state index contributed by atoms with van der Waals surface area (Å²) in [6.45, 7) is 4.97. The van der Waals surface area contributed by atoms with E-state index >= 15 is 0 Å². The van der Waals surface area contributed by atoms with Crippen LogP contribution >= 0.6 is 23.1 Å². The molecule has 0 unspecified atom stereocenters. The van der Waals surface area contributed by atoms with Crippen molar-refractivity contribution in [3.05, 3.63) is 36.6 Å². The van der Waals surface area contributed by atoms with Crippen molar-refractivity contribution in [2.75, 3.05) is 18.2 Å². The maximum atomic E-state index is 12.5. The van der Waals surface area contributed by atoms with E-state index in [1.165, 1.54) is 23.1 Å². The number of aromatic nitrogens is 4. The predicted molar refractivity (Wildman–Crippen MR) is 118 cm³/mol. The maximum absolute atomic E-state index is 12.5. The van der Waals surface area contributed by atoms with Crippen LogP contribution in [0.5, 0.6) is 5.75 Å². The number of fused-ring (bicyclic) bond motifs is 1. The molecular formula is C20H21N5O3S2. The molecule has 4 aromatic rings. The van der Waals surface area contributed by atoms with Crippen molar-refractivity contribution in [3.8, 4) is 17.3 Å². The fourth-order valence-electron chi connectivity index (χ4n) is 2.88. The van der Waals surface area contributed by atoms with Crippen molar-refractivity contribution in [3.63, 3.8) is 0 Å². The lowest BCUT2D eigenvalue weighted by Gasteiger charge is -2.11. The van der Waals surface area contributed by atoms with E-state index in [2.05, 4.69) is 34.3 Å². The summed E-state index contributed by atoms with van der Waals surface area (Å²) in [5.41, 5.74) is 0.823. The summed E-state index contributed by atoms with van der Waals surface area (Å²) in [6.07, 6.45) is 1.61. The largest absolute Gasteiger partial charge is 0.497 e. The highest BCUT2D eigenvalue weighted by molar-refractivity contribution is 7.99. The molecular weight excluding hydrogens is 422 g/mol. The van der Waals surface area contributed by atoms with E-state index in [4.69, 9.17) is 9.15 Å². The minimum atomic E-state index is -0.148. The number of methoxy groups -OCH3 is 1. The van der Waals surface area contributed by atoms with E-state index in [1.807, 2.05) is 34.9 Å². The third-order valence-electron chi connectivity index (χ3n) is 4.18. The number of hydrogen-bond acceptors (Lipinski definition) is 8. The van der Waals surface area contributed by atoms with Crippen molar-refractivity contribution < 1.29 is 13.9 Å². The third kappa shape index (κ3) is 4.49. The first-order chi connectivity index (χ1) is 14.5. The van der Waals surface area contributed by atoms with Gasteiger partial charge in [-0.2, -0.15) is 0 Å². The number of thiazole rings is 1. The normalized spacial score (nSPS) is 11.3. The topological polar surface area (TPSA) is 95.1 Å². The van der Waals surface area contributed by atoms with Gasteiger partial charge in [-0.25, -0.2) is 4.98 Å². The van der Waals surface area contributed by atoms with E-state index in [0.717, 1.165) is 22.5 Å². The monoisotopic (exact) mass is 443 g/mol. The van der Waals surface area contributed by atoms with Crippen molar-refractivity contribution >= 4 is 44.4 Å². The lowest BCUT2D eigenvalue weighted by Crippen LogP contribution is -2.15. The average molecular weight is 444 g/mol. The van der Waals surface area contributed by atoms with Gasteiger partial charge in [-0.05, 0) is 36.2 Å². The Morgan fingerprint density at radius 2 is 2.20 bits per heavy atom. The fraction of sp³-hybridized carbons (Fsp3) is 0.300. The van der Waals surface area contributed by atoms with Gasteiger partial charge in [0.05, 0.1) is 29.3 Å². The lowest BCUT2D eigenvalue weighted by atomic mass is 10.2. The van der Waals surface area contributed by atoms with Crippen LogP contribution in [-0.4, -0.2) is 38.5 Å².